The molecule has 0 radical (unpaired) electrons. The molecule has 3 aromatic heterocycles. The number of hydrogen-bond acceptors (Lipinski definition) is 6. The number of amides is 1. The molecule has 0 saturated carbocycles. The predicted molar refractivity (Wildman–Crippen MR) is 84.1 cm³/mol. The first-order chi connectivity index (χ1) is 11.8. The predicted octanol–water partition coefficient (Wildman–Crippen LogP) is 1.69. The molecule has 3 aromatic rings. The van der Waals surface area contributed by atoms with E-state index < -0.39 is 0 Å². The van der Waals surface area contributed by atoms with Gasteiger partial charge in [0.15, 0.2) is 5.82 Å². The molecule has 9 heteroatoms. The van der Waals surface area contributed by atoms with Crippen LogP contribution in [0.25, 0.3) is 11.3 Å². The lowest BCUT2D eigenvalue weighted by Gasteiger charge is -2.02. The van der Waals surface area contributed by atoms with Crippen molar-refractivity contribution >= 4 is 11.9 Å². The minimum atomic E-state index is -0.365. The molecule has 1 saturated heterocycles. The van der Waals surface area contributed by atoms with Crippen LogP contribution in [-0.2, 0) is 4.74 Å². The third-order valence-corrected chi connectivity index (χ3v) is 3.74. The minimum absolute atomic E-state index is 0.0764. The number of aromatic nitrogens is 6. The maximum Gasteiger partial charge on any atom is 0.276 e. The lowest BCUT2D eigenvalue weighted by Crippen LogP contribution is -2.13. The first-order valence-corrected chi connectivity index (χ1v) is 7.60. The molecule has 9 nitrogen and oxygen atoms in total. The molecular formula is C15H15N7O2. The number of nitrogens with zero attached hydrogens (tertiary/aromatic N) is 4. The number of hydrogen-bond donors (Lipinski definition) is 3. The Morgan fingerprint density at radius 1 is 1.33 bits per heavy atom. The standard InChI is InChI=1S/C15H15N7O2/c23-14(11-7-10(19-20-11)9-3-1-5-16-8-9)18-15-17-13(21-22-15)12-4-2-6-24-12/h1,3,5,7-8,12H,2,4,6H2,(H,19,20)(H2,17,18,21,22,23)/t12-/m1/s1. The van der Waals surface area contributed by atoms with Crippen molar-refractivity contribution in [1.29, 1.82) is 0 Å². The van der Waals surface area contributed by atoms with Crippen LogP contribution in [0.5, 0.6) is 0 Å². The molecule has 1 aliphatic heterocycles. The van der Waals surface area contributed by atoms with Gasteiger partial charge in [-0.3, -0.25) is 25.3 Å². The topological polar surface area (TPSA) is 121 Å². The molecule has 4 rings (SSSR count). The highest BCUT2D eigenvalue weighted by Crippen LogP contribution is 2.26. The van der Waals surface area contributed by atoms with E-state index in [9.17, 15) is 4.79 Å². The van der Waals surface area contributed by atoms with Gasteiger partial charge < -0.3 is 4.74 Å². The first kappa shape index (κ1) is 14.5. The van der Waals surface area contributed by atoms with Gasteiger partial charge in [-0.25, -0.2) is 0 Å². The molecule has 122 valence electrons. The highest BCUT2D eigenvalue weighted by atomic mass is 16.5. The number of carbonyl (C=O) groups is 1. The molecule has 0 spiro atoms. The SMILES string of the molecule is O=C(Nc1n[nH]c([C@H]2CCCO2)n1)c1cc(-c2cccnc2)n[nH]1. The van der Waals surface area contributed by atoms with Gasteiger partial charge in [-0.15, -0.1) is 5.10 Å². The Balaban J connectivity index is 1.46. The second kappa shape index (κ2) is 6.20. The fraction of sp³-hybridized carbons (Fsp3) is 0.267. The van der Waals surface area contributed by atoms with Crippen molar-refractivity contribution in [2.45, 2.75) is 18.9 Å². The third-order valence-electron chi connectivity index (χ3n) is 3.74. The van der Waals surface area contributed by atoms with Crippen molar-refractivity contribution in [2.75, 3.05) is 11.9 Å². The second-order valence-electron chi connectivity index (χ2n) is 5.41. The van der Waals surface area contributed by atoms with E-state index >= 15 is 0 Å². The number of aromatic amines is 2. The maximum atomic E-state index is 12.3. The Morgan fingerprint density at radius 3 is 3.08 bits per heavy atom. The van der Waals surface area contributed by atoms with E-state index in [0.717, 1.165) is 25.0 Å². The van der Waals surface area contributed by atoms with Crippen LogP contribution in [0.4, 0.5) is 5.95 Å². The van der Waals surface area contributed by atoms with Crippen LogP contribution < -0.4 is 5.32 Å². The van der Waals surface area contributed by atoms with Crippen molar-refractivity contribution in [3.05, 3.63) is 42.1 Å². The maximum absolute atomic E-state index is 12.3. The quantitative estimate of drug-likeness (QED) is 0.671. The number of rotatable bonds is 4. The summed E-state index contributed by atoms with van der Waals surface area (Å²) in [6.07, 6.45) is 5.18. The lowest BCUT2D eigenvalue weighted by atomic mass is 10.2. The minimum Gasteiger partial charge on any atom is -0.370 e. The van der Waals surface area contributed by atoms with Crippen LogP contribution in [0.2, 0.25) is 0 Å². The molecule has 4 heterocycles. The number of carbonyl (C=O) groups excluding carboxylic acids is 1. The molecule has 3 N–H and O–H groups in total. The summed E-state index contributed by atoms with van der Waals surface area (Å²) in [5.41, 5.74) is 1.78. The smallest absolute Gasteiger partial charge is 0.276 e. The van der Waals surface area contributed by atoms with Crippen LogP contribution in [0.15, 0.2) is 30.6 Å². The van der Waals surface area contributed by atoms with Gasteiger partial charge >= 0.3 is 0 Å². The average molecular weight is 325 g/mol. The number of H-pyrrole nitrogens is 2. The molecular weight excluding hydrogens is 310 g/mol. The monoisotopic (exact) mass is 325 g/mol. The lowest BCUT2D eigenvalue weighted by molar-refractivity contribution is 0.101. The van der Waals surface area contributed by atoms with E-state index in [-0.39, 0.29) is 18.0 Å². The first-order valence-electron chi connectivity index (χ1n) is 7.60. The molecule has 0 unspecified atom stereocenters. The Morgan fingerprint density at radius 2 is 2.29 bits per heavy atom. The Labute approximate surface area is 136 Å². The van der Waals surface area contributed by atoms with Gasteiger partial charge in [0.05, 0.1) is 5.69 Å². The van der Waals surface area contributed by atoms with Crippen molar-refractivity contribution in [3.63, 3.8) is 0 Å². The number of ether oxygens (including phenoxy) is 1. The van der Waals surface area contributed by atoms with Gasteiger partial charge in [0.2, 0.25) is 5.95 Å². The summed E-state index contributed by atoms with van der Waals surface area (Å²) in [5.74, 6) is 0.474. The van der Waals surface area contributed by atoms with Gasteiger partial charge in [-0.05, 0) is 31.0 Å². The zero-order valence-electron chi connectivity index (χ0n) is 12.7. The summed E-state index contributed by atoms with van der Waals surface area (Å²) in [6.45, 7) is 0.721. The van der Waals surface area contributed by atoms with Crippen LogP contribution in [0.1, 0.15) is 35.3 Å². The van der Waals surface area contributed by atoms with Crippen molar-refractivity contribution in [1.82, 2.24) is 30.4 Å². The van der Waals surface area contributed by atoms with Crippen molar-refractivity contribution in [2.24, 2.45) is 0 Å². The van der Waals surface area contributed by atoms with Crippen LogP contribution in [-0.4, -0.2) is 42.9 Å². The zero-order valence-corrected chi connectivity index (χ0v) is 12.7. The fourth-order valence-electron chi connectivity index (χ4n) is 2.54. The molecule has 0 aliphatic carbocycles. The van der Waals surface area contributed by atoms with Crippen LogP contribution in [0.3, 0.4) is 0 Å². The van der Waals surface area contributed by atoms with Crippen molar-refractivity contribution in [3.8, 4) is 11.3 Å². The summed E-state index contributed by atoms with van der Waals surface area (Å²) < 4.78 is 5.53. The Bertz CT molecular complexity index is 836. The number of nitrogens with one attached hydrogen (secondary N) is 3. The van der Waals surface area contributed by atoms with Gasteiger partial charge in [-0.2, -0.15) is 10.1 Å². The van der Waals surface area contributed by atoms with E-state index in [1.54, 1.807) is 18.5 Å². The van der Waals surface area contributed by atoms with E-state index in [1.165, 1.54) is 0 Å². The highest BCUT2D eigenvalue weighted by Gasteiger charge is 2.22. The molecule has 1 fully saturated rings. The normalized spacial score (nSPS) is 17.1. The summed E-state index contributed by atoms with van der Waals surface area (Å²) in [7, 11) is 0. The average Bonchev–Trinajstić information content (AvgIpc) is 3.36. The molecule has 0 bridgehead atoms. The molecule has 0 aromatic carbocycles. The third kappa shape index (κ3) is 2.88. The zero-order chi connectivity index (χ0) is 16.4. The van der Waals surface area contributed by atoms with E-state index in [4.69, 9.17) is 4.74 Å². The summed E-state index contributed by atoms with van der Waals surface area (Å²) in [6, 6.07) is 5.33. The molecule has 24 heavy (non-hydrogen) atoms. The van der Waals surface area contributed by atoms with Gasteiger partial charge in [0.25, 0.3) is 5.91 Å². The largest absolute Gasteiger partial charge is 0.370 e. The number of pyridine rings is 1. The molecule has 1 atom stereocenters. The summed E-state index contributed by atoms with van der Waals surface area (Å²) in [4.78, 5) is 20.6. The highest BCUT2D eigenvalue weighted by molar-refractivity contribution is 6.02. The Hall–Kier alpha value is -3.07. The van der Waals surface area contributed by atoms with Crippen LogP contribution in [0, 0.1) is 0 Å². The fourth-order valence-corrected chi connectivity index (χ4v) is 2.54. The number of anilines is 1. The van der Waals surface area contributed by atoms with E-state index in [2.05, 4.69) is 35.7 Å². The van der Waals surface area contributed by atoms with E-state index in [1.807, 2.05) is 12.1 Å². The van der Waals surface area contributed by atoms with Crippen LogP contribution >= 0.6 is 0 Å². The second-order valence-corrected chi connectivity index (χ2v) is 5.41. The summed E-state index contributed by atoms with van der Waals surface area (Å²) in [5, 5.41) is 16.3. The Kier molecular flexibility index (Phi) is 3.75. The molecule has 1 amide bonds. The van der Waals surface area contributed by atoms with Gasteiger partial charge in [0, 0.05) is 24.6 Å². The van der Waals surface area contributed by atoms with E-state index in [0.29, 0.717) is 17.2 Å². The van der Waals surface area contributed by atoms with Gasteiger partial charge in [0.1, 0.15) is 11.8 Å². The van der Waals surface area contributed by atoms with Gasteiger partial charge in [-0.1, -0.05) is 0 Å². The van der Waals surface area contributed by atoms with Crippen molar-refractivity contribution < 1.29 is 9.53 Å². The summed E-state index contributed by atoms with van der Waals surface area (Å²) >= 11 is 0. The molecule has 1 aliphatic rings.